The number of hydrogen-bond donors (Lipinski definition) is 4. The molecule has 0 amide bonds. The molecule has 0 heterocycles. The van der Waals surface area contributed by atoms with E-state index in [0.29, 0.717) is 23.6 Å². The monoisotopic (exact) mass is 313 g/mol. The van der Waals surface area contributed by atoms with Gasteiger partial charge in [0.15, 0.2) is 0 Å². The van der Waals surface area contributed by atoms with Crippen molar-refractivity contribution in [1.29, 1.82) is 0 Å². The summed E-state index contributed by atoms with van der Waals surface area (Å²) in [5, 5.41) is 32.7. The average molecular weight is 313 g/mol. The Labute approximate surface area is 136 Å². The Balaban J connectivity index is 1.66. The highest BCUT2D eigenvalue weighted by Gasteiger charge is 2.32. The fourth-order valence-electron chi connectivity index (χ4n) is 2.94. The van der Waals surface area contributed by atoms with Crippen LogP contribution in [0, 0.1) is 5.92 Å². The van der Waals surface area contributed by atoms with Gasteiger partial charge >= 0.3 is 0 Å². The molecule has 2 atom stereocenters. The van der Waals surface area contributed by atoms with Crippen LogP contribution in [0.1, 0.15) is 41.7 Å². The van der Waals surface area contributed by atoms with Gasteiger partial charge in [-0.3, -0.25) is 0 Å². The van der Waals surface area contributed by atoms with E-state index in [0.717, 1.165) is 0 Å². The molecule has 23 heavy (non-hydrogen) atoms. The largest absolute Gasteiger partial charge is 0.508 e. The maximum absolute atomic E-state index is 10.4. The van der Waals surface area contributed by atoms with Gasteiger partial charge in [-0.1, -0.05) is 36.4 Å². The maximum Gasteiger partial charge on any atom is 0.121 e. The third-order valence-corrected chi connectivity index (χ3v) is 4.44. The molecule has 0 saturated heterocycles. The summed E-state index contributed by atoms with van der Waals surface area (Å²) in [6, 6.07) is 15.4. The molecule has 1 aliphatic rings. The normalized spacial score (nSPS) is 17.0. The molecule has 1 saturated carbocycles. The standard InChI is InChI=1S/C19H23NO3/c21-12-16-10-15(8-9-17(16)22)18(23)11-20-19(14-6-7-14)13-4-2-1-3-5-13/h1-5,8-10,14,18-23H,6-7,11-12H2. The molecule has 0 bridgehead atoms. The number of benzene rings is 2. The Morgan fingerprint density at radius 1 is 1.04 bits per heavy atom. The molecule has 2 unspecified atom stereocenters. The van der Waals surface area contributed by atoms with Crippen molar-refractivity contribution in [2.24, 2.45) is 5.92 Å². The molecular formula is C19H23NO3. The fourth-order valence-corrected chi connectivity index (χ4v) is 2.94. The zero-order valence-corrected chi connectivity index (χ0v) is 13.0. The smallest absolute Gasteiger partial charge is 0.121 e. The van der Waals surface area contributed by atoms with Crippen molar-refractivity contribution in [2.45, 2.75) is 31.6 Å². The molecule has 1 aliphatic carbocycles. The number of hydrogen-bond acceptors (Lipinski definition) is 4. The molecule has 2 aromatic rings. The summed E-state index contributed by atoms with van der Waals surface area (Å²) in [4.78, 5) is 0. The lowest BCUT2D eigenvalue weighted by molar-refractivity contribution is 0.167. The van der Waals surface area contributed by atoms with Crippen LogP contribution in [0.15, 0.2) is 48.5 Å². The van der Waals surface area contributed by atoms with Crippen LogP contribution < -0.4 is 5.32 Å². The van der Waals surface area contributed by atoms with Gasteiger partial charge in [0.2, 0.25) is 0 Å². The predicted octanol–water partition coefficient (Wildman–Crippen LogP) is 2.66. The van der Waals surface area contributed by atoms with E-state index >= 15 is 0 Å². The minimum absolute atomic E-state index is 0.0524. The highest BCUT2D eigenvalue weighted by atomic mass is 16.3. The van der Waals surface area contributed by atoms with Gasteiger partial charge in [0.1, 0.15) is 5.75 Å². The van der Waals surface area contributed by atoms with Gasteiger partial charge in [-0.05, 0) is 42.0 Å². The second-order valence-corrected chi connectivity index (χ2v) is 6.20. The summed E-state index contributed by atoms with van der Waals surface area (Å²) >= 11 is 0. The molecule has 2 aromatic carbocycles. The number of phenols is 1. The first-order valence-electron chi connectivity index (χ1n) is 8.08. The number of aliphatic hydroxyl groups is 2. The zero-order valence-electron chi connectivity index (χ0n) is 13.0. The van der Waals surface area contributed by atoms with Gasteiger partial charge in [0.25, 0.3) is 0 Å². The Morgan fingerprint density at radius 2 is 1.78 bits per heavy atom. The van der Waals surface area contributed by atoms with Crippen molar-refractivity contribution in [3.8, 4) is 5.75 Å². The molecule has 0 aromatic heterocycles. The van der Waals surface area contributed by atoms with Crippen LogP contribution in [-0.4, -0.2) is 21.9 Å². The van der Waals surface area contributed by atoms with Crippen molar-refractivity contribution in [2.75, 3.05) is 6.54 Å². The molecule has 0 spiro atoms. The molecule has 0 aliphatic heterocycles. The molecule has 1 fully saturated rings. The minimum Gasteiger partial charge on any atom is -0.508 e. The average Bonchev–Trinajstić information content (AvgIpc) is 3.41. The summed E-state index contributed by atoms with van der Waals surface area (Å²) in [6.07, 6.45) is 1.76. The lowest BCUT2D eigenvalue weighted by Crippen LogP contribution is -2.28. The molecule has 122 valence electrons. The Hall–Kier alpha value is -1.88. The second kappa shape index (κ2) is 7.13. The first kappa shape index (κ1) is 16.0. The van der Waals surface area contributed by atoms with Crippen molar-refractivity contribution >= 4 is 0 Å². The van der Waals surface area contributed by atoms with Crippen molar-refractivity contribution in [3.05, 3.63) is 65.2 Å². The zero-order chi connectivity index (χ0) is 16.2. The van der Waals surface area contributed by atoms with E-state index in [1.165, 1.54) is 24.5 Å². The lowest BCUT2D eigenvalue weighted by Gasteiger charge is -2.21. The van der Waals surface area contributed by atoms with E-state index in [9.17, 15) is 15.3 Å². The molecule has 3 rings (SSSR count). The maximum atomic E-state index is 10.4. The van der Waals surface area contributed by atoms with E-state index in [-0.39, 0.29) is 18.4 Å². The summed E-state index contributed by atoms with van der Waals surface area (Å²) in [6.45, 7) is 0.195. The minimum atomic E-state index is -0.675. The first-order chi connectivity index (χ1) is 11.2. The molecule has 4 heteroatoms. The summed E-state index contributed by atoms with van der Waals surface area (Å²) in [5.41, 5.74) is 2.38. The van der Waals surface area contributed by atoms with Gasteiger partial charge in [-0.25, -0.2) is 0 Å². The topological polar surface area (TPSA) is 72.7 Å². The summed E-state index contributed by atoms with van der Waals surface area (Å²) in [5.74, 6) is 0.689. The molecule has 0 radical (unpaired) electrons. The van der Waals surface area contributed by atoms with E-state index in [1.54, 1.807) is 12.1 Å². The number of aliphatic hydroxyl groups excluding tert-OH is 2. The quantitative estimate of drug-likeness (QED) is 0.634. The van der Waals surface area contributed by atoms with Crippen LogP contribution >= 0.6 is 0 Å². The Kier molecular flexibility index (Phi) is 4.96. The van der Waals surface area contributed by atoms with Crippen LogP contribution in [0.5, 0.6) is 5.75 Å². The van der Waals surface area contributed by atoms with Crippen molar-refractivity contribution < 1.29 is 15.3 Å². The van der Waals surface area contributed by atoms with E-state index in [1.807, 2.05) is 18.2 Å². The van der Waals surface area contributed by atoms with E-state index in [4.69, 9.17) is 0 Å². The predicted molar refractivity (Wildman–Crippen MR) is 88.9 cm³/mol. The van der Waals surface area contributed by atoms with Gasteiger partial charge < -0.3 is 20.6 Å². The van der Waals surface area contributed by atoms with Crippen LogP contribution in [-0.2, 0) is 6.61 Å². The summed E-state index contributed by atoms with van der Waals surface area (Å²) < 4.78 is 0. The molecule has 4 N–H and O–H groups in total. The van der Waals surface area contributed by atoms with Crippen LogP contribution in [0.2, 0.25) is 0 Å². The highest BCUT2D eigenvalue weighted by Crippen LogP contribution is 2.41. The van der Waals surface area contributed by atoms with Gasteiger partial charge in [-0.15, -0.1) is 0 Å². The van der Waals surface area contributed by atoms with Crippen molar-refractivity contribution in [3.63, 3.8) is 0 Å². The SMILES string of the molecule is OCc1cc(C(O)CNC(c2ccccc2)C2CC2)ccc1O. The Morgan fingerprint density at radius 3 is 2.43 bits per heavy atom. The fraction of sp³-hybridized carbons (Fsp3) is 0.368. The number of aromatic hydroxyl groups is 1. The molecule has 4 nitrogen and oxygen atoms in total. The highest BCUT2D eigenvalue weighted by molar-refractivity contribution is 5.36. The van der Waals surface area contributed by atoms with Gasteiger partial charge in [-0.2, -0.15) is 0 Å². The third kappa shape index (κ3) is 3.91. The Bertz CT molecular complexity index is 640. The second-order valence-electron chi connectivity index (χ2n) is 6.20. The number of rotatable bonds is 7. The number of nitrogens with one attached hydrogen (secondary N) is 1. The van der Waals surface area contributed by atoms with Gasteiger partial charge in [0, 0.05) is 18.2 Å². The first-order valence-corrected chi connectivity index (χ1v) is 8.08. The van der Waals surface area contributed by atoms with Gasteiger partial charge in [0.05, 0.1) is 12.7 Å². The van der Waals surface area contributed by atoms with E-state index < -0.39 is 6.10 Å². The van der Waals surface area contributed by atoms with Crippen LogP contribution in [0.25, 0.3) is 0 Å². The molecular weight excluding hydrogens is 290 g/mol. The summed E-state index contributed by atoms with van der Waals surface area (Å²) in [7, 11) is 0. The van der Waals surface area contributed by atoms with Crippen LogP contribution in [0.3, 0.4) is 0 Å². The third-order valence-electron chi connectivity index (χ3n) is 4.44. The van der Waals surface area contributed by atoms with Crippen molar-refractivity contribution in [1.82, 2.24) is 5.32 Å². The van der Waals surface area contributed by atoms with E-state index in [2.05, 4.69) is 17.4 Å². The lowest BCUT2D eigenvalue weighted by atomic mass is 10.0. The van der Waals surface area contributed by atoms with Crippen LogP contribution in [0.4, 0.5) is 0 Å².